The summed E-state index contributed by atoms with van der Waals surface area (Å²) in [6.45, 7) is 8.02. The Labute approximate surface area is 126 Å². The fraction of sp³-hybridized carbons (Fsp3) is 0.529. The number of rotatable bonds is 4. The number of hydrogen-bond acceptors (Lipinski definition) is 3. The van der Waals surface area contributed by atoms with Crippen LogP contribution in [-0.4, -0.2) is 20.5 Å². The number of hydrogen-bond donors (Lipinski definition) is 1. The van der Waals surface area contributed by atoms with Gasteiger partial charge < -0.3 is 5.32 Å². The molecule has 1 heterocycles. The van der Waals surface area contributed by atoms with Crippen molar-refractivity contribution in [3.8, 4) is 0 Å². The quantitative estimate of drug-likeness (QED) is 0.938. The Morgan fingerprint density at radius 1 is 1.19 bits per heavy atom. The first-order valence-corrected chi connectivity index (χ1v) is 7.74. The van der Waals surface area contributed by atoms with Crippen LogP contribution in [0, 0.1) is 0 Å². The van der Waals surface area contributed by atoms with E-state index in [0.29, 0.717) is 0 Å². The van der Waals surface area contributed by atoms with E-state index in [2.05, 4.69) is 54.6 Å². The van der Waals surface area contributed by atoms with E-state index in [1.54, 1.807) is 0 Å². The maximum atomic E-state index is 4.24. The minimum atomic E-state index is 0.101. The Morgan fingerprint density at radius 3 is 2.81 bits per heavy atom. The molecule has 1 N–H and O–H groups in total. The molecule has 0 fully saturated rings. The first-order chi connectivity index (χ1) is 9.99. The van der Waals surface area contributed by atoms with Crippen molar-refractivity contribution in [2.75, 3.05) is 0 Å². The van der Waals surface area contributed by atoms with Crippen LogP contribution in [0.25, 0.3) is 0 Å². The van der Waals surface area contributed by atoms with Crippen molar-refractivity contribution in [1.29, 1.82) is 0 Å². The SMILES string of the molecule is CC(C)(C)NCc1cn(Cc2ccc3c(c2)CCC3)nn1. The van der Waals surface area contributed by atoms with Gasteiger partial charge in [-0.05, 0) is 56.7 Å². The first-order valence-electron chi connectivity index (χ1n) is 7.74. The molecular weight excluding hydrogens is 260 g/mol. The molecule has 0 radical (unpaired) electrons. The van der Waals surface area contributed by atoms with Gasteiger partial charge >= 0.3 is 0 Å². The summed E-state index contributed by atoms with van der Waals surface area (Å²) in [6.07, 6.45) is 5.79. The van der Waals surface area contributed by atoms with E-state index in [-0.39, 0.29) is 5.54 Å². The lowest BCUT2D eigenvalue weighted by atomic mass is 10.1. The molecule has 1 aliphatic rings. The molecule has 0 bridgehead atoms. The number of fused-ring (bicyclic) bond motifs is 1. The van der Waals surface area contributed by atoms with E-state index in [0.717, 1.165) is 18.8 Å². The molecule has 0 amide bonds. The summed E-state index contributed by atoms with van der Waals surface area (Å²) in [7, 11) is 0. The molecule has 21 heavy (non-hydrogen) atoms. The van der Waals surface area contributed by atoms with Crippen molar-refractivity contribution in [3.63, 3.8) is 0 Å². The molecule has 1 aromatic carbocycles. The topological polar surface area (TPSA) is 42.7 Å². The van der Waals surface area contributed by atoms with Crippen LogP contribution >= 0.6 is 0 Å². The molecule has 4 nitrogen and oxygen atoms in total. The predicted octanol–water partition coefficient (Wildman–Crippen LogP) is 2.70. The summed E-state index contributed by atoms with van der Waals surface area (Å²) < 4.78 is 1.93. The van der Waals surface area contributed by atoms with Gasteiger partial charge in [-0.1, -0.05) is 23.4 Å². The Kier molecular flexibility index (Phi) is 3.81. The van der Waals surface area contributed by atoms with Crippen LogP contribution in [0.15, 0.2) is 24.4 Å². The monoisotopic (exact) mass is 284 g/mol. The molecule has 0 saturated carbocycles. The maximum absolute atomic E-state index is 4.24. The van der Waals surface area contributed by atoms with Gasteiger partial charge in [0.25, 0.3) is 0 Å². The highest BCUT2D eigenvalue weighted by atomic mass is 15.4. The van der Waals surface area contributed by atoms with Crippen molar-refractivity contribution in [3.05, 3.63) is 46.8 Å². The van der Waals surface area contributed by atoms with Crippen molar-refractivity contribution in [2.24, 2.45) is 0 Å². The number of aromatic nitrogens is 3. The number of aryl methyl sites for hydroxylation is 2. The number of benzene rings is 1. The summed E-state index contributed by atoms with van der Waals surface area (Å²) in [5.41, 5.74) is 5.45. The molecule has 0 saturated heterocycles. The largest absolute Gasteiger partial charge is 0.306 e. The van der Waals surface area contributed by atoms with Gasteiger partial charge in [-0.2, -0.15) is 0 Å². The standard InChI is InChI=1S/C17H24N4/c1-17(2,3)18-10-16-12-21(20-19-16)11-13-7-8-14-5-4-6-15(14)9-13/h7-9,12,18H,4-6,10-11H2,1-3H3. The van der Waals surface area contributed by atoms with Crippen LogP contribution < -0.4 is 5.32 Å². The van der Waals surface area contributed by atoms with Crippen LogP contribution in [0.4, 0.5) is 0 Å². The third-order valence-corrected chi connectivity index (χ3v) is 3.89. The smallest absolute Gasteiger partial charge is 0.0965 e. The highest BCUT2D eigenvalue weighted by Gasteiger charge is 2.12. The molecule has 4 heteroatoms. The van der Waals surface area contributed by atoms with Gasteiger partial charge in [-0.3, -0.25) is 0 Å². The van der Waals surface area contributed by atoms with E-state index in [1.807, 2.05) is 10.9 Å². The summed E-state index contributed by atoms with van der Waals surface area (Å²) in [5, 5.41) is 11.9. The van der Waals surface area contributed by atoms with Gasteiger partial charge in [-0.25, -0.2) is 4.68 Å². The fourth-order valence-corrected chi connectivity index (χ4v) is 2.76. The third-order valence-electron chi connectivity index (χ3n) is 3.89. The van der Waals surface area contributed by atoms with Gasteiger partial charge in [0, 0.05) is 12.1 Å². The molecule has 2 aromatic rings. The van der Waals surface area contributed by atoms with Gasteiger partial charge in [0.1, 0.15) is 0 Å². The summed E-state index contributed by atoms with van der Waals surface area (Å²) in [6, 6.07) is 6.83. The first kappa shape index (κ1) is 14.3. The second kappa shape index (κ2) is 5.60. The lowest BCUT2D eigenvalue weighted by molar-refractivity contribution is 0.421. The van der Waals surface area contributed by atoms with E-state index in [9.17, 15) is 0 Å². The summed E-state index contributed by atoms with van der Waals surface area (Å²) in [4.78, 5) is 0. The van der Waals surface area contributed by atoms with Crippen molar-refractivity contribution >= 4 is 0 Å². The Bertz CT molecular complexity index is 622. The third kappa shape index (κ3) is 3.70. The zero-order valence-corrected chi connectivity index (χ0v) is 13.2. The average molecular weight is 284 g/mol. The minimum absolute atomic E-state index is 0.101. The summed E-state index contributed by atoms with van der Waals surface area (Å²) in [5.74, 6) is 0. The molecule has 0 spiro atoms. The molecule has 0 aliphatic heterocycles. The van der Waals surface area contributed by atoms with Gasteiger partial charge in [0.2, 0.25) is 0 Å². The summed E-state index contributed by atoms with van der Waals surface area (Å²) >= 11 is 0. The zero-order valence-electron chi connectivity index (χ0n) is 13.2. The normalized spacial score (nSPS) is 14.4. The highest BCUT2D eigenvalue weighted by Crippen LogP contribution is 2.23. The maximum Gasteiger partial charge on any atom is 0.0965 e. The van der Waals surface area contributed by atoms with Gasteiger partial charge in [0.05, 0.1) is 18.4 Å². The second-order valence-electron chi connectivity index (χ2n) is 6.97. The van der Waals surface area contributed by atoms with Crippen LogP contribution in [0.5, 0.6) is 0 Å². The van der Waals surface area contributed by atoms with E-state index in [1.165, 1.54) is 36.0 Å². The Balaban J connectivity index is 1.64. The Morgan fingerprint density at radius 2 is 2.00 bits per heavy atom. The number of nitrogens with one attached hydrogen (secondary N) is 1. The molecule has 1 aliphatic carbocycles. The molecule has 3 rings (SSSR count). The average Bonchev–Trinajstić information content (AvgIpc) is 3.04. The van der Waals surface area contributed by atoms with Crippen LogP contribution in [0.3, 0.4) is 0 Å². The fourth-order valence-electron chi connectivity index (χ4n) is 2.76. The molecule has 0 unspecified atom stereocenters. The highest BCUT2D eigenvalue weighted by molar-refractivity contribution is 5.35. The van der Waals surface area contributed by atoms with Crippen LogP contribution in [0.2, 0.25) is 0 Å². The molecular formula is C17H24N4. The number of nitrogens with zero attached hydrogens (tertiary/aromatic N) is 3. The van der Waals surface area contributed by atoms with E-state index >= 15 is 0 Å². The lowest BCUT2D eigenvalue weighted by Gasteiger charge is -2.19. The molecule has 1 aromatic heterocycles. The minimum Gasteiger partial charge on any atom is -0.306 e. The second-order valence-corrected chi connectivity index (χ2v) is 6.97. The van der Waals surface area contributed by atoms with Crippen LogP contribution in [-0.2, 0) is 25.9 Å². The van der Waals surface area contributed by atoms with Crippen molar-refractivity contribution in [1.82, 2.24) is 20.3 Å². The lowest BCUT2D eigenvalue weighted by Crippen LogP contribution is -2.35. The van der Waals surface area contributed by atoms with Crippen molar-refractivity contribution in [2.45, 2.75) is 58.7 Å². The van der Waals surface area contributed by atoms with Crippen LogP contribution in [0.1, 0.15) is 49.6 Å². The zero-order chi connectivity index (χ0) is 14.9. The van der Waals surface area contributed by atoms with Gasteiger partial charge in [0.15, 0.2) is 0 Å². The van der Waals surface area contributed by atoms with E-state index < -0.39 is 0 Å². The van der Waals surface area contributed by atoms with E-state index in [4.69, 9.17) is 0 Å². The van der Waals surface area contributed by atoms with Gasteiger partial charge in [-0.15, -0.1) is 5.10 Å². The Hall–Kier alpha value is -1.68. The predicted molar refractivity (Wildman–Crippen MR) is 84.2 cm³/mol. The molecule has 112 valence electrons. The molecule has 0 atom stereocenters. The van der Waals surface area contributed by atoms with Crippen molar-refractivity contribution < 1.29 is 0 Å².